The number of rotatable bonds is 4. The normalized spacial score (nSPS) is 18.9. The molecule has 0 saturated carbocycles. The van der Waals surface area contributed by atoms with E-state index in [4.69, 9.17) is 5.73 Å². The predicted molar refractivity (Wildman–Crippen MR) is 79.2 cm³/mol. The number of carbonyl (C=O) groups excluding carboxylic acids is 1. The van der Waals surface area contributed by atoms with E-state index in [9.17, 15) is 4.79 Å². The van der Waals surface area contributed by atoms with Gasteiger partial charge in [0.2, 0.25) is 5.91 Å². The van der Waals surface area contributed by atoms with E-state index < -0.39 is 0 Å². The summed E-state index contributed by atoms with van der Waals surface area (Å²) in [5, 5.41) is 1.15. The minimum atomic E-state index is 0.239. The van der Waals surface area contributed by atoms with E-state index in [-0.39, 0.29) is 5.91 Å². The molecule has 3 rings (SSSR count). The van der Waals surface area contributed by atoms with Crippen molar-refractivity contribution in [3.63, 3.8) is 0 Å². The van der Waals surface area contributed by atoms with Gasteiger partial charge in [-0.25, -0.2) is 0 Å². The molecule has 104 valence electrons. The van der Waals surface area contributed by atoms with E-state index >= 15 is 0 Å². The SMILES string of the molecule is NCC1CC(=O)N(CCc2ccc3ncccc3c2)C1. The summed E-state index contributed by atoms with van der Waals surface area (Å²) < 4.78 is 0. The first kappa shape index (κ1) is 13.1. The van der Waals surface area contributed by atoms with E-state index in [0.29, 0.717) is 18.9 Å². The third-order valence-electron chi connectivity index (χ3n) is 3.97. The fourth-order valence-corrected chi connectivity index (χ4v) is 2.77. The van der Waals surface area contributed by atoms with Crippen LogP contribution in [-0.4, -0.2) is 35.4 Å². The van der Waals surface area contributed by atoms with Crippen molar-refractivity contribution >= 4 is 16.8 Å². The number of carbonyl (C=O) groups is 1. The summed E-state index contributed by atoms with van der Waals surface area (Å²) in [7, 11) is 0. The first-order chi connectivity index (χ1) is 9.76. The van der Waals surface area contributed by atoms with E-state index in [1.807, 2.05) is 17.0 Å². The van der Waals surface area contributed by atoms with Crippen LogP contribution in [0.4, 0.5) is 0 Å². The van der Waals surface area contributed by atoms with Crippen LogP contribution in [0.25, 0.3) is 10.9 Å². The second-order valence-corrected chi connectivity index (χ2v) is 5.43. The molecular weight excluding hydrogens is 250 g/mol. The van der Waals surface area contributed by atoms with Gasteiger partial charge in [0.15, 0.2) is 0 Å². The van der Waals surface area contributed by atoms with Gasteiger partial charge in [-0.1, -0.05) is 12.1 Å². The lowest BCUT2D eigenvalue weighted by atomic mass is 10.1. The van der Waals surface area contributed by atoms with Crippen molar-refractivity contribution in [3.05, 3.63) is 42.1 Å². The molecule has 4 nitrogen and oxygen atoms in total. The molecule has 0 aliphatic carbocycles. The zero-order chi connectivity index (χ0) is 13.9. The van der Waals surface area contributed by atoms with Gasteiger partial charge in [0.1, 0.15) is 0 Å². The van der Waals surface area contributed by atoms with Crippen LogP contribution in [-0.2, 0) is 11.2 Å². The molecule has 2 N–H and O–H groups in total. The highest BCUT2D eigenvalue weighted by atomic mass is 16.2. The lowest BCUT2D eigenvalue weighted by molar-refractivity contribution is -0.127. The predicted octanol–water partition coefficient (Wildman–Crippen LogP) is 1.58. The molecule has 1 amide bonds. The quantitative estimate of drug-likeness (QED) is 0.917. The number of nitrogens with zero attached hydrogens (tertiary/aromatic N) is 2. The number of fused-ring (bicyclic) bond motifs is 1. The van der Waals surface area contributed by atoms with Crippen LogP contribution < -0.4 is 5.73 Å². The van der Waals surface area contributed by atoms with Gasteiger partial charge >= 0.3 is 0 Å². The first-order valence-electron chi connectivity index (χ1n) is 7.08. The smallest absolute Gasteiger partial charge is 0.222 e. The Kier molecular flexibility index (Phi) is 3.65. The number of likely N-dealkylation sites (tertiary alicyclic amines) is 1. The Hall–Kier alpha value is -1.94. The maximum Gasteiger partial charge on any atom is 0.222 e. The zero-order valence-electron chi connectivity index (χ0n) is 11.5. The van der Waals surface area contributed by atoms with Crippen molar-refractivity contribution in [2.45, 2.75) is 12.8 Å². The van der Waals surface area contributed by atoms with Crippen molar-refractivity contribution in [3.8, 4) is 0 Å². The molecule has 20 heavy (non-hydrogen) atoms. The third-order valence-corrected chi connectivity index (χ3v) is 3.97. The highest BCUT2D eigenvalue weighted by molar-refractivity contribution is 5.79. The lowest BCUT2D eigenvalue weighted by Crippen LogP contribution is -2.28. The highest BCUT2D eigenvalue weighted by Gasteiger charge is 2.27. The molecule has 1 aromatic carbocycles. The Balaban J connectivity index is 1.66. The molecule has 1 aliphatic rings. The maximum absolute atomic E-state index is 11.8. The standard InChI is InChI=1S/C16H19N3O/c17-10-13-9-16(20)19(11-13)7-5-12-3-4-15-14(8-12)2-1-6-18-15/h1-4,6,8,13H,5,7,9-11,17H2. The number of amides is 1. The summed E-state index contributed by atoms with van der Waals surface area (Å²) in [4.78, 5) is 18.1. The Morgan fingerprint density at radius 3 is 3.05 bits per heavy atom. The average molecular weight is 269 g/mol. The Labute approximate surface area is 118 Å². The van der Waals surface area contributed by atoms with Crippen molar-refractivity contribution in [2.24, 2.45) is 11.7 Å². The zero-order valence-corrected chi connectivity index (χ0v) is 11.5. The van der Waals surface area contributed by atoms with Gasteiger partial charge in [-0.2, -0.15) is 0 Å². The summed E-state index contributed by atoms with van der Waals surface area (Å²) >= 11 is 0. The molecule has 2 aromatic rings. The number of pyridine rings is 1. The van der Waals surface area contributed by atoms with Gasteiger partial charge in [0, 0.05) is 31.1 Å². The van der Waals surface area contributed by atoms with Gasteiger partial charge in [0.25, 0.3) is 0 Å². The molecule has 2 heterocycles. The number of hydrogen-bond acceptors (Lipinski definition) is 3. The molecular formula is C16H19N3O. The molecule has 4 heteroatoms. The highest BCUT2D eigenvalue weighted by Crippen LogP contribution is 2.18. The fourth-order valence-electron chi connectivity index (χ4n) is 2.77. The van der Waals surface area contributed by atoms with E-state index in [1.165, 1.54) is 5.56 Å². The number of benzene rings is 1. The van der Waals surface area contributed by atoms with Crippen molar-refractivity contribution in [2.75, 3.05) is 19.6 Å². The molecule has 0 spiro atoms. The average Bonchev–Trinajstić information content (AvgIpc) is 2.85. The summed E-state index contributed by atoms with van der Waals surface area (Å²) in [5.74, 6) is 0.575. The van der Waals surface area contributed by atoms with Crippen LogP contribution in [0.2, 0.25) is 0 Å². The van der Waals surface area contributed by atoms with Crippen LogP contribution in [0, 0.1) is 5.92 Å². The van der Waals surface area contributed by atoms with Crippen LogP contribution >= 0.6 is 0 Å². The van der Waals surface area contributed by atoms with Crippen LogP contribution in [0.5, 0.6) is 0 Å². The first-order valence-corrected chi connectivity index (χ1v) is 7.08. The van der Waals surface area contributed by atoms with Gasteiger partial charge in [-0.05, 0) is 42.6 Å². The summed E-state index contributed by atoms with van der Waals surface area (Å²) in [6, 6.07) is 10.3. The molecule has 1 fully saturated rings. The van der Waals surface area contributed by atoms with Gasteiger partial charge in [-0.15, -0.1) is 0 Å². The number of nitrogens with two attached hydrogens (primary N) is 1. The second kappa shape index (κ2) is 5.59. The molecule has 1 aliphatic heterocycles. The van der Waals surface area contributed by atoms with Crippen LogP contribution in [0.1, 0.15) is 12.0 Å². The van der Waals surface area contributed by atoms with E-state index in [0.717, 1.165) is 30.4 Å². The molecule has 0 radical (unpaired) electrons. The molecule has 1 atom stereocenters. The molecule has 1 aromatic heterocycles. The topological polar surface area (TPSA) is 59.2 Å². The fraction of sp³-hybridized carbons (Fsp3) is 0.375. The van der Waals surface area contributed by atoms with E-state index in [1.54, 1.807) is 6.20 Å². The van der Waals surface area contributed by atoms with Crippen molar-refractivity contribution < 1.29 is 4.79 Å². The van der Waals surface area contributed by atoms with E-state index in [2.05, 4.69) is 23.2 Å². The Bertz CT molecular complexity index is 626. The molecule has 0 bridgehead atoms. The van der Waals surface area contributed by atoms with Gasteiger partial charge in [-0.3, -0.25) is 9.78 Å². The Morgan fingerprint density at radius 1 is 1.35 bits per heavy atom. The maximum atomic E-state index is 11.8. The monoisotopic (exact) mass is 269 g/mol. The van der Waals surface area contributed by atoms with Crippen molar-refractivity contribution in [1.82, 2.24) is 9.88 Å². The molecule has 1 unspecified atom stereocenters. The minimum Gasteiger partial charge on any atom is -0.342 e. The van der Waals surface area contributed by atoms with Crippen LogP contribution in [0.15, 0.2) is 36.5 Å². The summed E-state index contributed by atoms with van der Waals surface area (Å²) in [6.45, 7) is 2.19. The third kappa shape index (κ3) is 2.65. The van der Waals surface area contributed by atoms with Crippen molar-refractivity contribution in [1.29, 1.82) is 0 Å². The van der Waals surface area contributed by atoms with Gasteiger partial charge in [0.05, 0.1) is 5.52 Å². The molecule has 1 saturated heterocycles. The number of hydrogen-bond donors (Lipinski definition) is 1. The van der Waals surface area contributed by atoms with Crippen LogP contribution in [0.3, 0.4) is 0 Å². The summed E-state index contributed by atoms with van der Waals surface area (Å²) in [6.07, 6.45) is 3.30. The summed E-state index contributed by atoms with van der Waals surface area (Å²) in [5.41, 5.74) is 7.90. The number of aromatic nitrogens is 1. The Morgan fingerprint density at radius 2 is 2.25 bits per heavy atom. The minimum absolute atomic E-state index is 0.239. The largest absolute Gasteiger partial charge is 0.342 e. The lowest BCUT2D eigenvalue weighted by Gasteiger charge is -2.16. The second-order valence-electron chi connectivity index (χ2n) is 5.43. The van der Waals surface area contributed by atoms with Gasteiger partial charge < -0.3 is 10.6 Å².